The number of para-hydroxylation sites is 1. The molecule has 6 heteroatoms. The summed E-state index contributed by atoms with van der Waals surface area (Å²) in [4.78, 5) is 25.8. The number of aromatic hydroxyl groups is 1. The van der Waals surface area contributed by atoms with Crippen LogP contribution in [0, 0.1) is 0 Å². The fourth-order valence-electron chi connectivity index (χ4n) is 2.27. The number of pyridine rings is 1. The Kier molecular flexibility index (Phi) is 2.94. The Hall–Kier alpha value is -2.34. The molecule has 1 aromatic carbocycles. The molecule has 0 saturated heterocycles. The van der Waals surface area contributed by atoms with Gasteiger partial charge in [-0.05, 0) is 11.6 Å². The zero-order chi connectivity index (χ0) is 14.3. The van der Waals surface area contributed by atoms with Crippen LogP contribution < -0.4 is 10.4 Å². The van der Waals surface area contributed by atoms with Crippen molar-refractivity contribution in [3.05, 3.63) is 60.8 Å². The topological polar surface area (TPSA) is 75.1 Å². The van der Waals surface area contributed by atoms with E-state index in [1.54, 1.807) is 17.7 Å². The highest BCUT2D eigenvalue weighted by Gasteiger charge is 2.11. The number of nitrogens with one attached hydrogen (secondary N) is 1. The molecule has 5 nitrogen and oxygen atoms in total. The number of rotatable bonds is 2. The first-order valence-electron chi connectivity index (χ1n) is 6.05. The van der Waals surface area contributed by atoms with E-state index in [2.05, 4.69) is 4.98 Å². The molecule has 0 atom stereocenters. The Morgan fingerprint density at radius 1 is 1.30 bits per heavy atom. The molecule has 2 N–H and O–H groups in total. The summed E-state index contributed by atoms with van der Waals surface area (Å²) in [6, 6.07) is 9.12. The van der Waals surface area contributed by atoms with Crippen molar-refractivity contribution in [3.63, 3.8) is 0 Å². The lowest BCUT2D eigenvalue weighted by Gasteiger charge is -2.09. The van der Waals surface area contributed by atoms with Crippen LogP contribution in [0.25, 0.3) is 10.9 Å². The van der Waals surface area contributed by atoms with Crippen LogP contribution in [0.3, 0.4) is 0 Å². The molecule has 0 bridgehead atoms. The summed E-state index contributed by atoms with van der Waals surface area (Å²) < 4.78 is 1.58. The number of nitrogens with zero attached hydrogens (tertiary/aromatic N) is 1. The summed E-state index contributed by atoms with van der Waals surface area (Å²) in [5.74, 6) is -0.121. The molecule has 0 saturated carbocycles. The quantitative estimate of drug-likeness (QED) is 0.752. The summed E-state index contributed by atoms with van der Waals surface area (Å²) in [5, 5.41) is 10.6. The van der Waals surface area contributed by atoms with Crippen molar-refractivity contribution in [2.24, 2.45) is 7.05 Å². The van der Waals surface area contributed by atoms with Gasteiger partial charge in [-0.2, -0.15) is 0 Å². The molecule has 0 aliphatic heterocycles. The van der Waals surface area contributed by atoms with E-state index in [0.717, 1.165) is 27.8 Å². The Balaban J connectivity index is 2.22. The minimum atomic E-state index is -0.300. The minimum absolute atomic E-state index is 0.110. The van der Waals surface area contributed by atoms with E-state index in [-0.39, 0.29) is 16.3 Å². The van der Waals surface area contributed by atoms with Gasteiger partial charge < -0.3 is 9.67 Å². The lowest BCUT2D eigenvalue weighted by molar-refractivity contribution is 0.451. The van der Waals surface area contributed by atoms with Gasteiger partial charge in [0.2, 0.25) is 5.88 Å². The SMILES string of the molecule is Cn1c(=O)cc(Cc2sc(=O)[nH]c2O)c2ccccc21. The number of aromatic nitrogens is 2. The Labute approximate surface area is 117 Å². The standard InChI is InChI=1S/C14H12N2O3S/c1-16-10-5-3-2-4-9(10)8(7-12(16)17)6-11-13(18)15-14(19)20-11/h2-5,7,18H,6H2,1H3,(H,15,19). The van der Waals surface area contributed by atoms with Gasteiger partial charge in [0.15, 0.2) is 0 Å². The van der Waals surface area contributed by atoms with Crippen molar-refractivity contribution < 1.29 is 5.11 Å². The number of hydrogen-bond donors (Lipinski definition) is 2. The minimum Gasteiger partial charge on any atom is -0.494 e. The van der Waals surface area contributed by atoms with E-state index < -0.39 is 0 Å². The second-order valence-electron chi connectivity index (χ2n) is 4.55. The van der Waals surface area contributed by atoms with Crippen LogP contribution in [0.1, 0.15) is 10.4 Å². The van der Waals surface area contributed by atoms with Gasteiger partial charge >= 0.3 is 4.87 Å². The average Bonchev–Trinajstić information content (AvgIpc) is 2.74. The van der Waals surface area contributed by atoms with Crippen molar-refractivity contribution in [2.75, 3.05) is 0 Å². The summed E-state index contributed by atoms with van der Waals surface area (Å²) in [7, 11) is 1.72. The number of fused-ring (bicyclic) bond motifs is 1. The Morgan fingerprint density at radius 2 is 2.05 bits per heavy atom. The van der Waals surface area contributed by atoms with Gasteiger partial charge in [0.05, 0.1) is 10.4 Å². The number of aromatic amines is 1. The summed E-state index contributed by atoms with van der Waals surface area (Å²) >= 11 is 0.958. The van der Waals surface area contributed by atoms with Crippen molar-refractivity contribution in [2.45, 2.75) is 6.42 Å². The summed E-state index contributed by atoms with van der Waals surface area (Å²) in [6.45, 7) is 0. The van der Waals surface area contributed by atoms with E-state index in [9.17, 15) is 14.7 Å². The van der Waals surface area contributed by atoms with Gasteiger partial charge in [-0.15, -0.1) is 0 Å². The maximum Gasteiger partial charge on any atom is 0.307 e. The van der Waals surface area contributed by atoms with Gasteiger partial charge in [0.25, 0.3) is 5.56 Å². The first kappa shape index (κ1) is 12.7. The number of H-pyrrole nitrogens is 1. The van der Waals surface area contributed by atoms with E-state index in [1.165, 1.54) is 0 Å². The first-order chi connectivity index (χ1) is 9.56. The lowest BCUT2D eigenvalue weighted by atomic mass is 10.1. The van der Waals surface area contributed by atoms with E-state index in [0.29, 0.717) is 11.3 Å². The van der Waals surface area contributed by atoms with Gasteiger partial charge in [-0.3, -0.25) is 14.6 Å². The fraction of sp³-hybridized carbons (Fsp3) is 0.143. The first-order valence-corrected chi connectivity index (χ1v) is 6.86. The lowest BCUT2D eigenvalue weighted by Crippen LogP contribution is -2.17. The predicted molar refractivity (Wildman–Crippen MR) is 78.6 cm³/mol. The van der Waals surface area contributed by atoms with Crippen LogP contribution in [0.4, 0.5) is 0 Å². The van der Waals surface area contributed by atoms with Crippen molar-refractivity contribution in [1.29, 1.82) is 0 Å². The van der Waals surface area contributed by atoms with Gasteiger partial charge in [-0.1, -0.05) is 29.5 Å². The smallest absolute Gasteiger partial charge is 0.307 e. The Morgan fingerprint density at radius 3 is 2.75 bits per heavy atom. The highest BCUT2D eigenvalue weighted by molar-refractivity contribution is 7.09. The molecule has 0 amide bonds. The molecule has 0 radical (unpaired) electrons. The van der Waals surface area contributed by atoms with Crippen molar-refractivity contribution in [1.82, 2.24) is 9.55 Å². The van der Waals surface area contributed by atoms with Crippen LogP contribution in [-0.4, -0.2) is 14.7 Å². The van der Waals surface area contributed by atoms with E-state index >= 15 is 0 Å². The van der Waals surface area contributed by atoms with Crippen molar-refractivity contribution >= 4 is 22.2 Å². The van der Waals surface area contributed by atoms with Crippen LogP contribution in [0.2, 0.25) is 0 Å². The molecule has 0 aliphatic rings. The zero-order valence-electron chi connectivity index (χ0n) is 10.7. The third kappa shape index (κ3) is 2.04. The van der Waals surface area contributed by atoms with E-state index in [4.69, 9.17) is 0 Å². The van der Waals surface area contributed by atoms with Gasteiger partial charge in [0.1, 0.15) is 0 Å². The molecule has 2 aromatic heterocycles. The van der Waals surface area contributed by atoms with Crippen LogP contribution in [-0.2, 0) is 13.5 Å². The molecule has 3 aromatic rings. The molecule has 20 heavy (non-hydrogen) atoms. The average molecular weight is 288 g/mol. The Bertz CT molecular complexity index is 905. The second kappa shape index (κ2) is 4.64. The third-order valence-electron chi connectivity index (χ3n) is 3.29. The van der Waals surface area contributed by atoms with Crippen LogP contribution in [0.5, 0.6) is 5.88 Å². The largest absolute Gasteiger partial charge is 0.494 e. The molecule has 0 fully saturated rings. The maximum atomic E-state index is 12.0. The van der Waals surface area contributed by atoms with Gasteiger partial charge in [0, 0.05) is 24.9 Å². The second-order valence-corrected chi connectivity index (χ2v) is 5.61. The number of aryl methyl sites for hydroxylation is 1. The fourth-order valence-corrected chi connectivity index (χ4v) is 3.02. The normalized spacial score (nSPS) is 11.1. The van der Waals surface area contributed by atoms with Crippen molar-refractivity contribution in [3.8, 4) is 5.88 Å². The monoisotopic (exact) mass is 288 g/mol. The molecule has 102 valence electrons. The number of thiazole rings is 1. The highest BCUT2D eigenvalue weighted by Crippen LogP contribution is 2.24. The molecule has 3 rings (SSSR count). The summed E-state index contributed by atoms with van der Waals surface area (Å²) in [5.41, 5.74) is 1.52. The molecular weight excluding hydrogens is 276 g/mol. The molecule has 0 aliphatic carbocycles. The molecule has 0 unspecified atom stereocenters. The zero-order valence-corrected chi connectivity index (χ0v) is 11.5. The molecule has 0 spiro atoms. The molecular formula is C14H12N2O3S. The predicted octanol–water partition coefficient (Wildman–Crippen LogP) is 1.58. The van der Waals surface area contributed by atoms with Crippen LogP contribution in [0.15, 0.2) is 39.9 Å². The highest BCUT2D eigenvalue weighted by atomic mass is 32.1. The third-order valence-corrected chi connectivity index (χ3v) is 4.16. The summed E-state index contributed by atoms with van der Waals surface area (Å²) in [6.07, 6.45) is 0.353. The number of benzene rings is 1. The van der Waals surface area contributed by atoms with Crippen LogP contribution >= 0.6 is 11.3 Å². The number of hydrogen-bond acceptors (Lipinski definition) is 4. The van der Waals surface area contributed by atoms with E-state index in [1.807, 2.05) is 24.3 Å². The van der Waals surface area contributed by atoms with Gasteiger partial charge in [-0.25, -0.2) is 0 Å². The molecule has 2 heterocycles. The maximum absolute atomic E-state index is 12.0.